The highest BCUT2D eigenvalue weighted by atomic mass is 16.4. The van der Waals surface area contributed by atoms with E-state index in [-0.39, 0.29) is 18.7 Å². The number of hydrogen-bond acceptors (Lipinski definition) is 7. The number of carbonyl (C=O) groups excluding carboxylic acids is 3. The molecule has 35 heavy (non-hydrogen) atoms. The smallest absolute Gasteiger partial charge is 0.328 e. The molecule has 12 heteroatoms. The second-order valence-electron chi connectivity index (χ2n) is 8.32. The minimum atomic E-state index is -1.53. The molecule has 2 heterocycles. The molecule has 0 radical (unpaired) electrons. The molecule has 1 aliphatic heterocycles. The molecule has 4 atom stereocenters. The highest BCUT2D eigenvalue weighted by Crippen LogP contribution is 2.09. The van der Waals surface area contributed by atoms with Crippen LogP contribution in [0.1, 0.15) is 24.1 Å². The van der Waals surface area contributed by atoms with Crippen molar-refractivity contribution < 1.29 is 29.4 Å². The van der Waals surface area contributed by atoms with Crippen LogP contribution in [0.2, 0.25) is 0 Å². The Labute approximate surface area is 201 Å². The number of aromatic nitrogens is 2. The number of aliphatic hydroxyl groups is 1. The van der Waals surface area contributed by atoms with Gasteiger partial charge in [0.2, 0.25) is 17.7 Å². The first-order valence-electron chi connectivity index (χ1n) is 11.4. The first-order valence-corrected chi connectivity index (χ1v) is 11.4. The monoisotopic (exact) mass is 486 g/mol. The zero-order valence-corrected chi connectivity index (χ0v) is 19.1. The minimum Gasteiger partial charge on any atom is -0.480 e. The Balaban J connectivity index is 1.77. The number of aliphatic carboxylic acids is 1. The average molecular weight is 487 g/mol. The summed E-state index contributed by atoms with van der Waals surface area (Å²) in [5.74, 6) is -3.11. The van der Waals surface area contributed by atoms with Gasteiger partial charge in [-0.05, 0) is 24.9 Å². The lowest BCUT2D eigenvalue weighted by Gasteiger charge is -2.25. The van der Waals surface area contributed by atoms with Gasteiger partial charge in [-0.2, -0.15) is 0 Å². The van der Waals surface area contributed by atoms with E-state index >= 15 is 0 Å². The quantitative estimate of drug-likeness (QED) is 0.188. The molecule has 1 fully saturated rings. The largest absolute Gasteiger partial charge is 0.480 e. The van der Waals surface area contributed by atoms with Gasteiger partial charge in [0, 0.05) is 24.7 Å². The number of carboxylic acids is 1. The lowest BCUT2D eigenvalue weighted by molar-refractivity contribution is -0.143. The number of aliphatic hydroxyl groups excluding tert-OH is 1. The Morgan fingerprint density at radius 2 is 1.69 bits per heavy atom. The van der Waals surface area contributed by atoms with E-state index in [1.165, 1.54) is 12.5 Å². The van der Waals surface area contributed by atoms with Gasteiger partial charge in [-0.25, -0.2) is 9.78 Å². The Morgan fingerprint density at radius 3 is 2.26 bits per heavy atom. The van der Waals surface area contributed by atoms with E-state index in [9.17, 15) is 24.3 Å². The van der Waals surface area contributed by atoms with Gasteiger partial charge in [0.25, 0.3) is 0 Å². The summed E-state index contributed by atoms with van der Waals surface area (Å²) in [6.45, 7) is -0.0947. The number of carboxylic acid groups (broad SMARTS) is 1. The van der Waals surface area contributed by atoms with E-state index in [0.29, 0.717) is 12.1 Å². The summed E-state index contributed by atoms with van der Waals surface area (Å²) in [5.41, 5.74) is 1.34. The molecule has 3 rings (SSSR count). The van der Waals surface area contributed by atoms with Crippen molar-refractivity contribution in [1.29, 1.82) is 0 Å². The molecular formula is C23H30N6O6. The van der Waals surface area contributed by atoms with Crippen LogP contribution in [0.15, 0.2) is 42.9 Å². The Hall–Kier alpha value is -3.77. The van der Waals surface area contributed by atoms with Crippen molar-refractivity contribution in [2.45, 2.75) is 49.9 Å². The standard InChI is InChI=1S/C23H30N6O6/c30-12-19(23(34)35)29-22(33)18(10-15-11-24-13-26-15)28-21(32)17(9-14-5-2-1-3-6-14)27-20(31)16-7-4-8-25-16/h1-3,5-6,11,13,16-19,25,30H,4,7-10,12H2,(H,24,26)(H,27,31)(H,28,32)(H,29,33)(H,34,35). The summed E-state index contributed by atoms with van der Waals surface area (Å²) in [6.07, 6.45) is 4.59. The van der Waals surface area contributed by atoms with E-state index in [1.807, 2.05) is 30.3 Å². The van der Waals surface area contributed by atoms with Crippen molar-refractivity contribution in [2.75, 3.05) is 13.2 Å². The van der Waals surface area contributed by atoms with Crippen molar-refractivity contribution in [2.24, 2.45) is 0 Å². The van der Waals surface area contributed by atoms with E-state index in [1.54, 1.807) is 0 Å². The second kappa shape index (κ2) is 12.6. The van der Waals surface area contributed by atoms with Gasteiger partial charge < -0.3 is 36.5 Å². The van der Waals surface area contributed by atoms with Gasteiger partial charge in [-0.3, -0.25) is 14.4 Å². The number of hydrogen-bond donors (Lipinski definition) is 7. The fourth-order valence-electron chi connectivity index (χ4n) is 3.80. The van der Waals surface area contributed by atoms with Crippen molar-refractivity contribution in [3.8, 4) is 0 Å². The maximum Gasteiger partial charge on any atom is 0.328 e. The molecule has 0 spiro atoms. The van der Waals surface area contributed by atoms with E-state index < -0.39 is 48.6 Å². The fraction of sp³-hybridized carbons (Fsp3) is 0.435. The van der Waals surface area contributed by atoms with E-state index in [0.717, 1.165) is 18.5 Å². The average Bonchev–Trinajstić information content (AvgIpc) is 3.56. The number of rotatable bonds is 12. The van der Waals surface area contributed by atoms with Crippen molar-refractivity contribution in [3.63, 3.8) is 0 Å². The molecule has 1 aliphatic rings. The molecule has 0 aliphatic carbocycles. The predicted molar refractivity (Wildman–Crippen MR) is 124 cm³/mol. The number of benzene rings is 1. The summed E-state index contributed by atoms with van der Waals surface area (Å²) in [4.78, 5) is 56.9. The van der Waals surface area contributed by atoms with Crippen LogP contribution in [0.3, 0.4) is 0 Å². The lowest BCUT2D eigenvalue weighted by Crippen LogP contribution is -2.58. The summed E-state index contributed by atoms with van der Waals surface area (Å²) in [6, 6.07) is 5.04. The predicted octanol–water partition coefficient (Wildman–Crippen LogP) is -1.52. The van der Waals surface area contributed by atoms with Crippen molar-refractivity contribution in [1.82, 2.24) is 31.2 Å². The highest BCUT2D eigenvalue weighted by molar-refractivity contribution is 5.94. The van der Waals surface area contributed by atoms with Gasteiger partial charge in [0.15, 0.2) is 0 Å². The number of amides is 3. The molecule has 188 valence electrons. The van der Waals surface area contributed by atoms with Crippen LogP contribution in [0.4, 0.5) is 0 Å². The summed E-state index contributed by atoms with van der Waals surface area (Å²) in [5, 5.41) is 29.2. The Morgan fingerprint density at radius 1 is 1.00 bits per heavy atom. The van der Waals surface area contributed by atoms with Crippen LogP contribution < -0.4 is 21.3 Å². The number of nitrogens with zero attached hydrogens (tertiary/aromatic N) is 1. The van der Waals surface area contributed by atoms with E-state index in [4.69, 9.17) is 5.11 Å². The summed E-state index contributed by atoms with van der Waals surface area (Å²) in [7, 11) is 0. The normalized spacial score (nSPS) is 17.7. The van der Waals surface area contributed by atoms with Gasteiger partial charge in [0.1, 0.15) is 18.1 Å². The third-order valence-electron chi connectivity index (χ3n) is 5.70. The van der Waals surface area contributed by atoms with E-state index in [2.05, 4.69) is 31.2 Å². The maximum absolute atomic E-state index is 13.3. The first-order chi connectivity index (χ1) is 16.9. The van der Waals surface area contributed by atoms with Crippen molar-refractivity contribution in [3.05, 3.63) is 54.1 Å². The molecule has 1 saturated heterocycles. The molecule has 0 bridgehead atoms. The van der Waals surface area contributed by atoms with Gasteiger partial charge in [0.05, 0.1) is 19.0 Å². The third kappa shape index (κ3) is 7.62. The minimum absolute atomic E-state index is 0.00841. The van der Waals surface area contributed by atoms with Crippen LogP contribution in [0.5, 0.6) is 0 Å². The Bertz CT molecular complexity index is 993. The first kappa shape index (κ1) is 25.8. The molecule has 4 unspecified atom stereocenters. The van der Waals surface area contributed by atoms with Gasteiger partial charge >= 0.3 is 5.97 Å². The van der Waals surface area contributed by atoms with Crippen LogP contribution in [0.25, 0.3) is 0 Å². The van der Waals surface area contributed by atoms with Crippen LogP contribution in [-0.2, 0) is 32.0 Å². The summed E-state index contributed by atoms with van der Waals surface area (Å²) < 4.78 is 0. The summed E-state index contributed by atoms with van der Waals surface area (Å²) >= 11 is 0. The maximum atomic E-state index is 13.3. The van der Waals surface area contributed by atoms with Gasteiger partial charge in [-0.15, -0.1) is 0 Å². The highest BCUT2D eigenvalue weighted by Gasteiger charge is 2.31. The van der Waals surface area contributed by atoms with Crippen LogP contribution in [-0.4, -0.2) is 81.2 Å². The number of H-pyrrole nitrogens is 1. The van der Waals surface area contributed by atoms with Crippen LogP contribution >= 0.6 is 0 Å². The zero-order chi connectivity index (χ0) is 25.2. The number of imidazole rings is 1. The molecule has 1 aromatic heterocycles. The lowest BCUT2D eigenvalue weighted by atomic mass is 10.0. The molecule has 0 saturated carbocycles. The molecule has 12 nitrogen and oxygen atoms in total. The van der Waals surface area contributed by atoms with Crippen molar-refractivity contribution >= 4 is 23.7 Å². The molecular weight excluding hydrogens is 456 g/mol. The topological polar surface area (TPSA) is 186 Å². The number of aromatic amines is 1. The van der Waals surface area contributed by atoms with Crippen LogP contribution in [0, 0.1) is 0 Å². The SMILES string of the molecule is O=C(O)C(CO)NC(=O)C(Cc1cnc[nH]1)NC(=O)C(Cc1ccccc1)NC(=O)C1CCCN1. The number of nitrogens with one attached hydrogen (secondary N) is 5. The Kier molecular flexibility index (Phi) is 9.32. The van der Waals surface area contributed by atoms with Gasteiger partial charge in [-0.1, -0.05) is 30.3 Å². The molecule has 3 amide bonds. The fourth-order valence-corrected chi connectivity index (χ4v) is 3.80. The molecule has 7 N–H and O–H groups in total. The zero-order valence-electron chi connectivity index (χ0n) is 19.1. The molecule has 1 aromatic carbocycles. The second-order valence-corrected chi connectivity index (χ2v) is 8.32. The molecule has 2 aromatic rings. The third-order valence-corrected chi connectivity index (χ3v) is 5.70. The number of carbonyl (C=O) groups is 4.